The van der Waals surface area contributed by atoms with Gasteiger partial charge in [-0.15, -0.1) is 0 Å². The third kappa shape index (κ3) is 13.8. The lowest BCUT2D eigenvalue weighted by atomic mass is 9.91. The second-order valence-electron chi connectivity index (χ2n) is 11.2. The summed E-state index contributed by atoms with van der Waals surface area (Å²) in [4.78, 5) is 37.5. The summed E-state index contributed by atoms with van der Waals surface area (Å²) in [6, 6.07) is -3.34. The fourth-order valence-corrected chi connectivity index (χ4v) is 6.09. The van der Waals surface area contributed by atoms with Crippen molar-refractivity contribution in [2.45, 2.75) is 168 Å². The van der Waals surface area contributed by atoms with Gasteiger partial charge in [0.25, 0.3) is 0 Å². The summed E-state index contributed by atoms with van der Waals surface area (Å²) in [6.45, 7) is 8.02. The first-order valence-electron chi connectivity index (χ1n) is 15.9. The maximum Gasteiger partial charge on any atom is 0.362 e. The summed E-state index contributed by atoms with van der Waals surface area (Å²) in [6.07, 6.45) is 21.4. The molecule has 0 spiro atoms. The number of unbranched alkanes of at least 4 members (excludes halogenated alkanes) is 11. The van der Waals surface area contributed by atoms with Gasteiger partial charge in [-0.2, -0.15) is 0 Å². The highest BCUT2D eigenvalue weighted by molar-refractivity contribution is 5.77. The average molecular weight is 554 g/mol. The van der Waals surface area contributed by atoms with Gasteiger partial charge in [-0.3, -0.25) is 4.48 Å². The number of allylic oxidation sites excluding steroid dienone is 2. The largest absolute Gasteiger partial charge is 0.544 e. The molecule has 0 radical (unpaired) electrons. The van der Waals surface area contributed by atoms with Crippen molar-refractivity contribution in [3.8, 4) is 0 Å². The Morgan fingerprint density at radius 2 is 0.974 bits per heavy atom. The lowest BCUT2D eigenvalue weighted by molar-refractivity contribution is -0.975. The van der Waals surface area contributed by atoms with Crippen molar-refractivity contribution < 1.29 is 34.2 Å². The zero-order valence-corrected chi connectivity index (χ0v) is 25.5. The number of hydrogen-bond acceptors (Lipinski definition) is 4. The molecule has 0 heterocycles. The highest BCUT2D eigenvalue weighted by Gasteiger charge is 2.54. The van der Waals surface area contributed by atoms with E-state index in [0.717, 1.165) is 32.1 Å². The van der Waals surface area contributed by atoms with Gasteiger partial charge >= 0.3 is 11.9 Å². The smallest absolute Gasteiger partial charge is 0.362 e. The van der Waals surface area contributed by atoms with Crippen LogP contribution in [0.2, 0.25) is 0 Å². The normalized spacial score (nSPS) is 15.6. The summed E-state index contributed by atoms with van der Waals surface area (Å²) >= 11 is 0. The van der Waals surface area contributed by atoms with Crippen LogP contribution in [-0.2, 0) is 14.4 Å². The van der Waals surface area contributed by atoms with Crippen molar-refractivity contribution in [2.24, 2.45) is 0 Å². The van der Waals surface area contributed by atoms with Crippen LogP contribution in [-0.4, -0.2) is 57.3 Å². The first kappa shape index (κ1) is 37.1. The zero-order valence-electron chi connectivity index (χ0n) is 25.5. The van der Waals surface area contributed by atoms with Gasteiger partial charge in [-0.25, -0.2) is 9.59 Å². The highest BCUT2D eigenvalue weighted by Crippen LogP contribution is 2.34. The second kappa shape index (κ2) is 22.9. The van der Waals surface area contributed by atoms with Crippen LogP contribution in [0.25, 0.3) is 0 Å². The molecule has 0 aromatic carbocycles. The van der Waals surface area contributed by atoms with Crippen LogP contribution in [0.4, 0.5) is 0 Å². The molecule has 0 aromatic rings. The molecular formula is C32H59NO6. The molecule has 0 saturated heterocycles. The van der Waals surface area contributed by atoms with Crippen LogP contribution in [0.15, 0.2) is 12.2 Å². The van der Waals surface area contributed by atoms with Crippen molar-refractivity contribution in [3.63, 3.8) is 0 Å². The Balaban J connectivity index is 5.27. The molecule has 39 heavy (non-hydrogen) atoms. The number of aliphatic carboxylic acids is 3. The first-order valence-corrected chi connectivity index (χ1v) is 15.9. The zero-order chi connectivity index (χ0) is 29.5. The van der Waals surface area contributed by atoms with Gasteiger partial charge in [0, 0.05) is 19.3 Å². The van der Waals surface area contributed by atoms with Crippen LogP contribution in [0.3, 0.4) is 0 Å². The molecule has 7 heteroatoms. The Morgan fingerprint density at radius 3 is 1.36 bits per heavy atom. The Labute approximate surface area is 238 Å². The van der Waals surface area contributed by atoms with Crippen LogP contribution < -0.4 is 5.11 Å². The van der Waals surface area contributed by atoms with E-state index in [0.29, 0.717) is 25.7 Å². The molecule has 3 atom stereocenters. The van der Waals surface area contributed by atoms with E-state index >= 15 is 0 Å². The molecule has 0 aliphatic carbocycles. The number of quaternary nitrogens is 1. The molecule has 0 aromatic heterocycles. The number of carboxylic acids is 3. The van der Waals surface area contributed by atoms with Gasteiger partial charge in [0.2, 0.25) is 0 Å². The summed E-state index contributed by atoms with van der Waals surface area (Å²) in [5.41, 5.74) is 0. The summed E-state index contributed by atoms with van der Waals surface area (Å²) in [5, 5.41) is 32.9. The molecule has 2 N–H and O–H groups in total. The third-order valence-corrected chi connectivity index (χ3v) is 8.08. The van der Waals surface area contributed by atoms with Gasteiger partial charge < -0.3 is 20.1 Å². The van der Waals surface area contributed by atoms with Crippen molar-refractivity contribution in [2.75, 3.05) is 6.54 Å². The minimum Gasteiger partial charge on any atom is -0.544 e. The molecule has 3 unspecified atom stereocenters. The summed E-state index contributed by atoms with van der Waals surface area (Å²) < 4.78 is -0.444. The van der Waals surface area contributed by atoms with Gasteiger partial charge in [0.15, 0.2) is 12.1 Å². The fraction of sp³-hybridized carbons (Fsp3) is 0.844. The molecule has 7 nitrogen and oxygen atoms in total. The van der Waals surface area contributed by atoms with Crippen molar-refractivity contribution in [1.82, 2.24) is 0 Å². The molecule has 0 saturated carbocycles. The quantitative estimate of drug-likeness (QED) is 0.0651. The minimum atomic E-state index is -1.34. The Morgan fingerprint density at radius 1 is 0.590 bits per heavy atom. The van der Waals surface area contributed by atoms with Crippen LogP contribution in [0.5, 0.6) is 0 Å². The van der Waals surface area contributed by atoms with E-state index in [1.54, 1.807) is 0 Å². The van der Waals surface area contributed by atoms with E-state index in [1.807, 2.05) is 20.8 Å². The Kier molecular flexibility index (Phi) is 21.8. The third-order valence-electron chi connectivity index (χ3n) is 8.08. The number of carboxylic acid groups (broad SMARTS) is 3. The van der Waals surface area contributed by atoms with E-state index < -0.39 is 40.5 Å². The molecule has 0 aliphatic heterocycles. The van der Waals surface area contributed by atoms with Crippen molar-refractivity contribution in [3.05, 3.63) is 12.2 Å². The lowest BCUT2D eigenvalue weighted by Crippen LogP contribution is -2.74. The van der Waals surface area contributed by atoms with E-state index in [9.17, 15) is 29.7 Å². The Bertz CT molecular complexity index is 632. The minimum absolute atomic E-state index is 0.201. The van der Waals surface area contributed by atoms with Crippen molar-refractivity contribution >= 4 is 17.9 Å². The molecule has 0 fully saturated rings. The molecule has 0 rings (SSSR count). The van der Waals surface area contributed by atoms with Crippen molar-refractivity contribution in [1.29, 1.82) is 0 Å². The van der Waals surface area contributed by atoms with Gasteiger partial charge in [0.05, 0.1) is 12.5 Å². The van der Waals surface area contributed by atoms with Gasteiger partial charge in [0.1, 0.15) is 6.04 Å². The number of carbonyl (C=O) groups is 3. The highest BCUT2D eigenvalue weighted by atomic mass is 16.4. The monoisotopic (exact) mass is 553 g/mol. The number of rotatable bonds is 27. The summed E-state index contributed by atoms with van der Waals surface area (Å²) in [5.74, 6) is -3.58. The number of hydrogen-bond donors (Lipinski definition) is 2. The second-order valence-corrected chi connectivity index (χ2v) is 11.2. The number of carbonyl (C=O) groups excluding carboxylic acids is 1. The maximum absolute atomic E-state index is 12.5. The lowest BCUT2D eigenvalue weighted by Gasteiger charge is -2.52. The van der Waals surface area contributed by atoms with E-state index in [1.165, 1.54) is 44.9 Å². The predicted octanol–water partition coefficient (Wildman–Crippen LogP) is 6.88. The van der Waals surface area contributed by atoms with E-state index in [2.05, 4.69) is 19.1 Å². The average Bonchev–Trinajstić information content (AvgIpc) is 2.89. The topological polar surface area (TPSA) is 115 Å². The maximum atomic E-state index is 12.5. The molecule has 0 aliphatic rings. The molecule has 0 bridgehead atoms. The van der Waals surface area contributed by atoms with Crippen LogP contribution in [0, 0.1) is 0 Å². The fourth-order valence-electron chi connectivity index (χ4n) is 6.09. The molecular weight excluding hydrogens is 494 g/mol. The standard InChI is InChI=1S/C32H59NO6/c1-5-9-10-11-12-13-14-15-16-17-18-19-20-21-22-26-33(27(23-6-2)30(34)35,28(24-7-3)31(36)37)29(25-8-4)32(38)39/h16-17,27-29H,5-15,18-26H2,1-4H3,(H2-,34,35,36,37,38,39)/b17-16+. The van der Waals surface area contributed by atoms with E-state index in [-0.39, 0.29) is 25.8 Å². The molecule has 228 valence electrons. The van der Waals surface area contributed by atoms with Crippen LogP contribution >= 0.6 is 0 Å². The van der Waals surface area contributed by atoms with Gasteiger partial charge in [-0.05, 0) is 51.4 Å². The van der Waals surface area contributed by atoms with Gasteiger partial charge in [-0.1, -0.05) is 91.2 Å². The summed E-state index contributed by atoms with van der Waals surface area (Å²) in [7, 11) is 0. The van der Waals surface area contributed by atoms with E-state index in [4.69, 9.17) is 0 Å². The number of nitrogens with zero attached hydrogens (tertiary/aromatic N) is 1. The van der Waals surface area contributed by atoms with Crippen LogP contribution in [0.1, 0.15) is 150 Å². The Hall–Kier alpha value is -1.89. The molecule has 0 amide bonds. The predicted molar refractivity (Wildman–Crippen MR) is 156 cm³/mol. The first-order chi connectivity index (χ1) is 18.7. The SMILES string of the molecule is CCCCCCCCC/C=C/CCCCCC[N+](C(CCC)C(=O)[O-])(C(CCC)C(=O)O)C(CCC)C(=O)O.